The van der Waals surface area contributed by atoms with Crippen LogP contribution in [-0.2, 0) is 10.1 Å². The van der Waals surface area contributed by atoms with Crippen molar-refractivity contribution in [2.75, 3.05) is 26.2 Å². The minimum absolute atomic E-state index is 0.123. The van der Waals surface area contributed by atoms with Gasteiger partial charge in [0.25, 0.3) is 0 Å². The van der Waals surface area contributed by atoms with Gasteiger partial charge in [-0.3, -0.25) is 0 Å². The third-order valence-electron chi connectivity index (χ3n) is 4.99. The van der Waals surface area contributed by atoms with Crippen LogP contribution in [0, 0.1) is 0 Å². The van der Waals surface area contributed by atoms with Crippen molar-refractivity contribution < 1.29 is 48.2 Å². The molecule has 0 saturated heterocycles. The van der Waals surface area contributed by atoms with Crippen molar-refractivity contribution in [1.82, 2.24) is 0 Å². The lowest BCUT2D eigenvalue weighted by Gasteiger charge is -2.35. The number of hydrogen-bond acceptors (Lipinski definition) is 3. The quantitative estimate of drug-likeness (QED) is 0.259. The summed E-state index contributed by atoms with van der Waals surface area (Å²) in [6.07, 6.45) is -5.05. The van der Waals surface area contributed by atoms with Crippen LogP contribution in [0.25, 0.3) is 0 Å². The fourth-order valence-corrected chi connectivity index (χ4v) is 2.90. The number of alkyl halides is 7. The van der Waals surface area contributed by atoms with Gasteiger partial charge < -0.3 is 9.04 Å². The summed E-state index contributed by atoms with van der Waals surface area (Å²) in [7, 11) is -7.08. The Labute approximate surface area is 162 Å². The summed E-state index contributed by atoms with van der Waals surface area (Å²) in [5.74, 6) is -12.6. The summed E-state index contributed by atoms with van der Waals surface area (Å²) < 4.78 is 121. The van der Waals surface area contributed by atoms with Gasteiger partial charge in [-0.1, -0.05) is 19.8 Å². The van der Waals surface area contributed by atoms with E-state index >= 15 is 0 Å². The molecule has 0 rings (SSSR count). The molecule has 12 heteroatoms. The van der Waals surface area contributed by atoms with E-state index in [-0.39, 0.29) is 12.8 Å². The average Bonchev–Trinajstić information content (AvgIpc) is 2.61. The number of unbranched alkanes of at least 4 members (excludes halogenated alkanes) is 1. The van der Waals surface area contributed by atoms with Gasteiger partial charge in [0.2, 0.25) is 0 Å². The topological polar surface area (TPSA) is 57.2 Å². The van der Waals surface area contributed by atoms with Gasteiger partial charge in [0.1, 0.15) is 0 Å². The van der Waals surface area contributed by atoms with Crippen LogP contribution < -0.4 is 0 Å². The zero-order valence-corrected chi connectivity index (χ0v) is 17.6. The average molecular weight is 449 g/mol. The number of nitrogens with zero attached hydrogens (tertiary/aromatic N) is 1. The minimum Gasteiger partial charge on any atom is -0.743 e. The first-order chi connectivity index (χ1) is 12.5. The zero-order valence-electron chi connectivity index (χ0n) is 16.8. The summed E-state index contributed by atoms with van der Waals surface area (Å²) in [6.45, 7) is 15.6. The molecule has 0 aromatic rings. The molecule has 0 radical (unpaired) electrons. The van der Waals surface area contributed by atoms with Crippen LogP contribution in [0.3, 0.4) is 0 Å². The highest BCUT2D eigenvalue weighted by Gasteiger charge is 2.77. The molecule has 0 amide bonds. The lowest BCUT2D eigenvalue weighted by molar-refractivity contribution is -0.921. The first-order valence-electron chi connectivity index (χ1n) is 9.05. The third-order valence-corrected chi connectivity index (χ3v) is 5.87. The van der Waals surface area contributed by atoms with E-state index in [2.05, 4.69) is 27.7 Å². The SMILES string of the molecule is CCCCC(F)C(F)(F)C(F)(F)C(F)(F)S(=O)(=O)[O-].CC[N+](CC)(CC)CC. The van der Waals surface area contributed by atoms with Crippen molar-refractivity contribution in [3.63, 3.8) is 0 Å². The van der Waals surface area contributed by atoms with E-state index in [9.17, 15) is 43.7 Å². The molecule has 0 aliphatic carbocycles. The predicted molar refractivity (Wildman–Crippen MR) is 91.4 cm³/mol. The van der Waals surface area contributed by atoms with Gasteiger partial charge in [0, 0.05) is 0 Å². The lowest BCUT2D eigenvalue weighted by atomic mass is 10.0. The van der Waals surface area contributed by atoms with Gasteiger partial charge >= 0.3 is 17.1 Å². The molecule has 0 N–H and O–H groups in total. The largest absolute Gasteiger partial charge is 0.743 e. The van der Waals surface area contributed by atoms with E-state index in [0.717, 1.165) is 0 Å². The van der Waals surface area contributed by atoms with Crippen molar-refractivity contribution in [2.45, 2.75) is 77.2 Å². The minimum atomic E-state index is -7.08. The standard InChI is InChI=1S/C8H11F7O3S.C8H20N/c1-2-3-4-5(9)6(10,11)7(12,13)8(14,15)19(16,17)18;1-5-9(6-2,7-3)8-4/h5H,2-4H2,1H3,(H,16,17,18);5-8H2,1-4H3/q;+1/p-1. The number of halogens is 7. The first-order valence-corrected chi connectivity index (χ1v) is 10.5. The molecule has 0 bridgehead atoms. The van der Waals surface area contributed by atoms with Crippen molar-refractivity contribution in [1.29, 1.82) is 0 Å². The second-order valence-electron chi connectivity index (χ2n) is 6.38. The van der Waals surface area contributed by atoms with Gasteiger partial charge in [-0.15, -0.1) is 0 Å². The van der Waals surface area contributed by atoms with Crippen molar-refractivity contribution in [3.05, 3.63) is 0 Å². The summed E-state index contributed by atoms with van der Waals surface area (Å²) in [5, 5.41) is -6.61. The maximum atomic E-state index is 12.9. The lowest BCUT2D eigenvalue weighted by Crippen LogP contribution is -2.61. The maximum absolute atomic E-state index is 12.9. The van der Waals surface area contributed by atoms with Crippen molar-refractivity contribution in [2.24, 2.45) is 0 Å². The Morgan fingerprint density at radius 3 is 1.43 bits per heavy atom. The van der Waals surface area contributed by atoms with E-state index in [0.29, 0.717) is 0 Å². The third kappa shape index (κ3) is 6.45. The normalized spacial score (nSPS) is 15.0. The van der Waals surface area contributed by atoms with E-state index < -0.39 is 39.8 Å². The summed E-state index contributed by atoms with van der Waals surface area (Å²) in [5.41, 5.74) is 0. The Hall–Kier alpha value is -0.620. The van der Waals surface area contributed by atoms with E-state index in [4.69, 9.17) is 0 Å². The molecule has 0 aliphatic heterocycles. The van der Waals surface area contributed by atoms with Gasteiger partial charge in [0.15, 0.2) is 16.3 Å². The van der Waals surface area contributed by atoms with Crippen molar-refractivity contribution >= 4 is 10.1 Å². The number of hydrogen-bond donors (Lipinski definition) is 0. The van der Waals surface area contributed by atoms with Crippen LogP contribution in [0.5, 0.6) is 0 Å². The van der Waals surface area contributed by atoms with Gasteiger partial charge in [-0.25, -0.2) is 12.8 Å². The number of quaternary nitrogens is 1. The highest BCUT2D eigenvalue weighted by Crippen LogP contribution is 2.50. The maximum Gasteiger partial charge on any atom is 0.402 e. The molecular weight excluding hydrogens is 419 g/mol. The second-order valence-corrected chi connectivity index (χ2v) is 7.81. The zero-order chi connectivity index (χ0) is 23.0. The van der Waals surface area contributed by atoms with Crippen LogP contribution >= 0.6 is 0 Å². The fraction of sp³-hybridized carbons (Fsp3) is 1.00. The molecular formula is C16H30F7NO3S. The van der Waals surface area contributed by atoms with Gasteiger partial charge in [0.05, 0.1) is 26.2 Å². The Balaban J connectivity index is 0. The molecule has 0 fully saturated rings. The summed E-state index contributed by atoms with van der Waals surface area (Å²) in [4.78, 5) is 0. The molecule has 0 spiro atoms. The van der Waals surface area contributed by atoms with E-state index in [1.54, 1.807) is 0 Å². The predicted octanol–water partition coefficient (Wildman–Crippen LogP) is 4.81. The first kappa shape index (κ1) is 29.6. The molecule has 0 saturated carbocycles. The Bertz CT molecular complexity index is 535. The molecule has 0 heterocycles. The fourth-order valence-electron chi connectivity index (χ4n) is 2.45. The number of rotatable bonds is 11. The smallest absolute Gasteiger partial charge is 0.402 e. The Kier molecular flexibility index (Phi) is 11.6. The van der Waals surface area contributed by atoms with Crippen molar-refractivity contribution in [3.8, 4) is 0 Å². The molecule has 0 aliphatic rings. The Morgan fingerprint density at radius 1 is 0.857 bits per heavy atom. The van der Waals surface area contributed by atoms with Gasteiger partial charge in [-0.2, -0.15) is 26.3 Å². The highest BCUT2D eigenvalue weighted by molar-refractivity contribution is 7.86. The van der Waals surface area contributed by atoms with Gasteiger partial charge in [-0.05, 0) is 34.1 Å². The molecule has 1 atom stereocenters. The van der Waals surface area contributed by atoms with E-state index in [1.165, 1.54) is 37.6 Å². The highest BCUT2D eigenvalue weighted by atomic mass is 32.2. The van der Waals surface area contributed by atoms with Crippen LogP contribution in [0.15, 0.2) is 0 Å². The molecule has 28 heavy (non-hydrogen) atoms. The molecule has 172 valence electrons. The van der Waals surface area contributed by atoms with Crippen LogP contribution in [0.1, 0.15) is 53.9 Å². The van der Waals surface area contributed by atoms with E-state index in [1.807, 2.05) is 0 Å². The molecule has 0 aromatic heterocycles. The summed E-state index contributed by atoms with van der Waals surface area (Å²) in [6, 6.07) is 0. The molecule has 1 unspecified atom stereocenters. The molecule has 4 nitrogen and oxygen atoms in total. The monoisotopic (exact) mass is 449 g/mol. The Morgan fingerprint density at radius 2 is 1.21 bits per heavy atom. The molecule has 0 aromatic carbocycles. The van der Waals surface area contributed by atoms with Crippen LogP contribution in [0.2, 0.25) is 0 Å². The van der Waals surface area contributed by atoms with Crippen LogP contribution in [-0.4, -0.2) is 66.9 Å². The van der Waals surface area contributed by atoms with Crippen LogP contribution in [0.4, 0.5) is 30.7 Å². The summed E-state index contributed by atoms with van der Waals surface area (Å²) >= 11 is 0. The second kappa shape index (κ2) is 11.0.